The summed E-state index contributed by atoms with van der Waals surface area (Å²) in [4.78, 5) is 23.5. The molecule has 8 heteroatoms. The molecule has 29 heavy (non-hydrogen) atoms. The molecule has 0 bridgehead atoms. The van der Waals surface area contributed by atoms with E-state index in [0.29, 0.717) is 29.4 Å². The summed E-state index contributed by atoms with van der Waals surface area (Å²) in [7, 11) is 0. The second-order valence-electron chi connectivity index (χ2n) is 6.35. The van der Waals surface area contributed by atoms with Crippen LogP contribution in [0.1, 0.15) is 15.9 Å². The molecular formula is C21H17N3O5. The van der Waals surface area contributed by atoms with Crippen LogP contribution in [0, 0.1) is 10.1 Å². The molecule has 0 spiro atoms. The van der Waals surface area contributed by atoms with Gasteiger partial charge in [0, 0.05) is 29.9 Å². The SMILES string of the molecule is O=C(Nc1ccc2c(c1)OCO2)c1ccc(NCc2ccccc2)c([N+](=O)[O-])c1. The molecule has 0 unspecified atom stereocenters. The normalized spacial score (nSPS) is 11.7. The van der Waals surface area contributed by atoms with Crippen molar-refractivity contribution in [1.29, 1.82) is 0 Å². The van der Waals surface area contributed by atoms with E-state index in [1.54, 1.807) is 24.3 Å². The van der Waals surface area contributed by atoms with Crippen molar-refractivity contribution in [2.45, 2.75) is 6.54 Å². The summed E-state index contributed by atoms with van der Waals surface area (Å²) >= 11 is 0. The number of nitro groups is 1. The topological polar surface area (TPSA) is 103 Å². The number of hydrogen-bond acceptors (Lipinski definition) is 6. The lowest BCUT2D eigenvalue weighted by atomic mass is 10.1. The molecule has 0 saturated heterocycles. The van der Waals surface area contributed by atoms with E-state index in [1.165, 1.54) is 12.1 Å². The van der Waals surface area contributed by atoms with Crippen LogP contribution in [0.3, 0.4) is 0 Å². The van der Waals surface area contributed by atoms with Gasteiger partial charge in [0.15, 0.2) is 11.5 Å². The molecule has 3 aromatic carbocycles. The fourth-order valence-electron chi connectivity index (χ4n) is 2.94. The van der Waals surface area contributed by atoms with Crippen molar-refractivity contribution in [1.82, 2.24) is 0 Å². The van der Waals surface area contributed by atoms with Crippen LogP contribution in [0.25, 0.3) is 0 Å². The number of benzene rings is 3. The third-order valence-electron chi connectivity index (χ3n) is 4.41. The quantitative estimate of drug-likeness (QED) is 0.482. The summed E-state index contributed by atoms with van der Waals surface area (Å²) < 4.78 is 10.5. The monoisotopic (exact) mass is 391 g/mol. The second kappa shape index (κ2) is 7.89. The zero-order valence-electron chi connectivity index (χ0n) is 15.3. The maximum Gasteiger partial charge on any atom is 0.293 e. The zero-order chi connectivity index (χ0) is 20.2. The van der Waals surface area contributed by atoms with Crippen molar-refractivity contribution in [3.8, 4) is 11.5 Å². The first-order valence-electron chi connectivity index (χ1n) is 8.87. The van der Waals surface area contributed by atoms with Gasteiger partial charge in [0.25, 0.3) is 11.6 Å². The Hall–Kier alpha value is -4.07. The summed E-state index contributed by atoms with van der Waals surface area (Å²) in [5.74, 6) is 0.684. The molecule has 0 saturated carbocycles. The third-order valence-corrected chi connectivity index (χ3v) is 4.41. The van der Waals surface area contributed by atoms with E-state index in [2.05, 4.69) is 10.6 Å². The molecule has 1 amide bonds. The zero-order valence-corrected chi connectivity index (χ0v) is 15.3. The smallest absolute Gasteiger partial charge is 0.293 e. The van der Waals surface area contributed by atoms with Crippen LogP contribution in [-0.2, 0) is 6.54 Å². The van der Waals surface area contributed by atoms with E-state index in [9.17, 15) is 14.9 Å². The first kappa shape index (κ1) is 18.3. The molecule has 0 fully saturated rings. The molecule has 2 N–H and O–H groups in total. The highest BCUT2D eigenvalue weighted by molar-refractivity contribution is 6.05. The summed E-state index contributed by atoms with van der Waals surface area (Å²) in [6.07, 6.45) is 0. The lowest BCUT2D eigenvalue weighted by molar-refractivity contribution is -0.384. The Bertz CT molecular complexity index is 1070. The number of carbonyl (C=O) groups is 1. The number of nitrogens with zero attached hydrogens (tertiary/aromatic N) is 1. The molecule has 146 valence electrons. The van der Waals surface area contributed by atoms with Gasteiger partial charge in [-0.2, -0.15) is 0 Å². The highest BCUT2D eigenvalue weighted by atomic mass is 16.7. The number of nitrogens with one attached hydrogen (secondary N) is 2. The van der Waals surface area contributed by atoms with Crippen molar-refractivity contribution in [2.24, 2.45) is 0 Å². The first-order valence-corrected chi connectivity index (χ1v) is 8.87. The Balaban J connectivity index is 1.50. The number of rotatable bonds is 6. The lowest BCUT2D eigenvalue weighted by Gasteiger charge is -2.10. The van der Waals surface area contributed by atoms with Crippen molar-refractivity contribution in [3.05, 3.63) is 88.0 Å². The Morgan fingerprint density at radius 1 is 1.00 bits per heavy atom. The fourth-order valence-corrected chi connectivity index (χ4v) is 2.94. The minimum Gasteiger partial charge on any atom is -0.454 e. The van der Waals surface area contributed by atoms with E-state index >= 15 is 0 Å². The molecular weight excluding hydrogens is 374 g/mol. The Morgan fingerprint density at radius 3 is 2.59 bits per heavy atom. The van der Waals surface area contributed by atoms with Crippen molar-refractivity contribution >= 4 is 23.0 Å². The molecule has 1 aliphatic rings. The molecule has 8 nitrogen and oxygen atoms in total. The van der Waals surface area contributed by atoms with Gasteiger partial charge in [-0.1, -0.05) is 30.3 Å². The number of nitro benzene ring substituents is 1. The average Bonchev–Trinajstić information content (AvgIpc) is 3.20. The maximum absolute atomic E-state index is 12.6. The van der Waals surface area contributed by atoms with Gasteiger partial charge in [0.2, 0.25) is 6.79 Å². The van der Waals surface area contributed by atoms with Gasteiger partial charge in [0.1, 0.15) is 5.69 Å². The standard InChI is InChI=1S/C21H17N3O5/c25-21(23-16-7-9-19-20(11-16)29-13-28-19)15-6-8-17(18(10-15)24(26)27)22-12-14-4-2-1-3-5-14/h1-11,22H,12-13H2,(H,23,25). The molecule has 0 atom stereocenters. The van der Waals surface area contributed by atoms with Crippen molar-refractivity contribution in [2.75, 3.05) is 17.4 Å². The fraction of sp³-hybridized carbons (Fsp3) is 0.0952. The second-order valence-corrected chi connectivity index (χ2v) is 6.35. The van der Waals surface area contributed by atoms with E-state index in [1.807, 2.05) is 30.3 Å². The molecule has 4 rings (SSSR count). The number of fused-ring (bicyclic) bond motifs is 1. The third kappa shape index (κ3) is 4.11. The molecule has 3 aromatic rings. The largest absolute Gasteiger partial charge is 0.454 e. The van der Waals surface area contributed by atoms with Crippen LogP contribution in [0.15, 0.2) is 66.7 Å². The van der Waals surface area contributed by atoms with Crippen LogP contribution in [0.2, 0.25) is 0 Å². The van der Waals surface area contributed by atoms with E-state index in [-0.39, 0.29) is 18.0 Å². The Morgan fingerprint density at radius 2 is 1.79 bits per heavy atom. The van der Waals surface area contributed by atoms with Crippen molar-refractivity contribution < 1.29 is 19.2 Å². The summed E-state index contributed by atoms with van der Waals surface area (Å²) in [5.41, 5.74) is 1.86. The highest BCUT2D eigenvalue weighted by Crippen LogP contribution is 2.34. The van der Waals surface area contributed by atoms with Gasteiger partial charge in [-0.25, -0.2) is 0 Å². The van der Waals surface area contributed by atoms with Gasteiger partial charge in [-0.15, -0.1) is 0 Å². The van der Waals surface area contributed by atoms with Crippen LogP contribution in [0.5, 0.6) is 11.5 Å². The van der Waals surface area contributed by atoms with E-state index in [0.717, 1.165) is 5.56 Å². The number of amides is 1. The lowest BCUT2D eigenvalue weighted by Crippen LogP contribution is -2.13. The molecule has 1 heterocycles. The molecule has 0 radical (unpaired) electrons. The van der Waals surface area contributed by atoms with Gasteiger partial charge in [-0.05, 0) is 29.8 Å². The molecule has 1 aliphatic heterocycles. The van der Waals surface area contributed by atoms with E-state index in [4.69, 9.17) is 9.47 Å². The molecule has 0 aromatic heterocycles. The highest BCUT2D eigenvalue weighted by Gasteiger charge is 2.19. The number of ether oxygens (including phenoxy) is 2. The minimum atomic E-state index is -0.509. The average molecular weight is 391 g/mol. The predicted molar refractivity (Wildman–Crippen MR) is 107 cm³/mol. The van der Waals surface area contributed by atoms with Gasteiger partial charge >= 0.3 is 0 Å². The maximum atomic E-state index is 12.6. The van der Waals surface area contributed by atoms with Crippen LogP contribution < -0.4 is 20.1 Å². The Kier molecular flexibility index (Phi) is 4.98. The molecule has 0 aliphatic carbocycles. The number of hydrogen-bond donors (Lipinski definition) is 2. The first-order chi connectivity index (χ1) is 14.1. The van der Waals surface area contributed by atoms with Gasteiger partial charge < -0.3 is 20.1 Å². The number of anilines is 2. The summed E-state index contributed by atoms with van der Waals surface area (Å²) in [6.45, 7) is 0.570. The van der Waals surface area contributed by atoms with Gasteiger partial charge in [0.05, 0.1) is 4.92 Å². The number of carbonyl (C=O) groups excluding carboxylic acids is 1. The van der Waals surface area contributed by atoms with Crippen LogP contribution in [-0.4, -0.2) is 17.6 Å². The Labute approximate surface area is 166 Å². The summed E-state index contributed by atoms with van der Waals surface area (Å²) in [5, 5.41) is 17.3. The predicted octanol–water partition coefficient (Wildman–Crippen LogP) is 4.19. The minimum absolute atomic E-state index is 0.135. The summed E-state index contributed by atoms with van der Waals surface area (Å²) in [6, 6.07) is 18.9. The van der Waals surface area contributed by atoms with Gasteiger partial charge in [-0.3, -0.25) is 14.9 Å². The van der Waals surface area contributed by atoms with E-state index < -0.39 is 10.8 Å². The van der Waals surface area contributed by atoms with Crippen LogP contribution >= 0.6 is 0 Å². The van der Waals surface area contributed by atoms with Crippen molar-refractivity contribution in [3.63, 3.8) is 0 Å². The van der Waals surface area contributed by atoms with Crippen LogP contribution in [0.4, 0.5) is 17.1 Å².